The van der Waals surface area contributed by atoms with Crippen molar-refractivity contribution in [2.75, 3.05) is 20.2 Å². The Morgan fingerprint density at radius 2 is 2.04 bits per heavy atom. The molecule has 1 aromatic carbocycles. The molecule has 3 rings (SSSR count). The second kappa shape index (κ2) is 7.86. The topological polar surface area (TPSA) is 42.7 Å². The van der Waals surface area contributed by atoms with Crippen LogP contribution < -0.4 is 0 Å². The van der Waals surface area contributed by atoms with Gasteiger partial charge in [-0.3, -0.25) is 4.90 Å². The first kappa shape index (κ1) is 17.1. The van der Waals surface area contributed by atoms with E-state index in [2.05, 4.69) is 17.0 Å². The van der Waals surface area contributed by atoms with Gasteiger partial charge in [-0.2, -0.15) is 0 Å². The maximum absolute atomic E-state index is 11.8. The summed E-state index contributed by atoms with van der Waals surface area (Å²) < 4.78 is 10.3. The molecule has 4 nitrogen and oxygen atoms in total. The van der Waals surface area contributed by atoms with Crippen LogP contribution in [0, 0.1) is 5.92 Å². The molecule has 1 heterocycles. The van der Waals surface area contributed by atoms with Crippen LogP contribution in [0.3, 0.4) is 0 Å². The molecule has 0 aliphatic heterocycles. The number of carbonyl (C=O) groups excluding carboxylic acids is 1. The number of hydrogen-bond donors (Lipinski definition) is 0. The lowest BCUT2D eigenvalue weighted by molar-refractivity contribution is 0.0596. The van der Waals surface area contributed by atoms with Crippen molar-refractivity contribution < 1.29 is 13.9 Å². The van der Waals surface area contributed by atoms with Gasteiger partial charge in [-0.25, -0.2) is 4.79 Å². The van der Waals surface area contributed by atoms with Crippen molar-refractivity contribution in [3.63, 3.8) is 0 Å². The van der Waals surface area contributed by atoms with Crippen LogP contribution in [-0.4, -0.2) is 31.1 Å². The van der Waals surface area contributed by atoms with E-state index in [0.29, 0.717) is 17.9 Å². The van der Waals surface area contributed by atoms with Crippen molar-refractivity contribution in [2.24, 2.45) is 5.92 Å². The van der Waals surface area contributed by atoms with E-state index in [9.17, 15) is 4.79 Å². The smallest absolute Gasteiger partial charge is 0.341 e. The molecule has 0 atom stereocenters. The van der Waals surface area contributed by atoms with Crippen molar-refractivity contribution in [3.05, 3.63) is 58.5 Å². The van der Waals surface area contributed by atoms with Crippen LogP contribution in [0.1, 0.15) is 34.5 Å². The Kier molecular flexibility index (Phi) is 5.59. The van der Waals surface area contributed by atoms with Crippen molar-refractivity contribution in [3.8, 4) is 0 Å². The molecule has 1 saturated carbocycles. The summed E-state index contributed by atoms with van der Waals surface area (Å²) in [5.41, 5.74) is 1.78. The normalized spacial score (nSPS) is 14.1. The third-order valence-electron chi connectivity index (χ3n) is 4.36. The zero-order valence-electron chi connectivity index (χ0n) is 13.8. The zero-order valence-corrected chi connectivity index (χ0v) is 14.6. The molecule has 0 N–H and O–H groups in total. The van der Waals surface area contributed by atoms with Gasteiger partial charge in [-0.05, 0) is 48.9 Å². The number of carbonyl (C=O) groups is 1. The first-order valence-electron chi connectivity index (χ1n) is 8.27. The number of halogens is 1. The van der Waals surface area contributed by atoms with E-state index in [1.54, 1.807) is 12.3 Å². The van der Waals surface area contributed by atoms with E-state index >= 15 is 0 Å². The molecule has 128 valence electrons. The first-order chi connectivity index (χ1) is 11.7. The number of nitrogens with zero attached hydrogens (tertiary/aromatic N) is 1. The van der Waals surface area contributed by atoms with Crippen LogP contribution in [0.5, 0.6) is 0 Å². The number of furan rings is 1. The Bertz CT molecular complexity index is 676. The Balaban J connectivity index is 1.64. The van der Waals surface area contributed by atoms with E-state index in [1.165, 1.54) is 25.5 Å². The summed E-state index contributed by atoms with van der Waals surface area (Å²) in [4.78, 5) is 14.2. The quantitative estimate of drug-likeness (QED) is 0.672. The minimum atomic E-state index is -0.345. The molecule has 0 bridgehead atoms. The van der Waals surface area contributed by atoms with Gasteiger partial charge in [-0.1, -0.05) is 23.7 Å². The summed E-state index contributed by atoms with van der Waals surface area (Å²) in [6.07, 6.45) is 5.08. The highest BCUT2D eigenvalue weighted by Gasteiger charge is 2.26. The molecule has 1 aliphatic carbocycles. The molecule has 0 spiro atoms. The van der Waals surface area contributed by atoms with Gasteiger partial charge in [0.05, 0.1) is 19.9 Å². The van der Waals surface area contributed by atoms with Gasteiger partial charge < -0.3 is 9.15 Å². The van der Waals surface area contributed by atoms with Crippen LogP contribution in [0.15, 0.2) is 41.0 Å². The van der Waals surface area contributed by atoms with Gasteiger partial charge in [0.25, 0.3) is 0 Å². The minimum Gasteiger partial charge on any atom is -0.467 e. The number of hydrogen-bond acceptors (Lipinski definition) is 4. The summed E-state index contributed by atoms with van der Waals surface area (Å²) in [5.74, 6) is 1.10. The number of esters is 1. The van der Waals surface area contributed by atoms with Crippen LogP contribution in [0.2, 0.25) is 5.02 Å². The van der Waals surface area contributed by atoms with E-state index in [-0.39, 0.29) is 5.97 Å². The van der Waals surface area contributed by atoms with Gasteiger partial charge >= 0.3 is 5.97 Å². The largest absolute Gasteiger partial charge is 0.467 e. The lowest BCUT2D eigenvalue weighted by atomic mass is 10.1. The SMILES string of the molecule is COC(=O)c1ccoc1CN(CCc1ccc(Cl)cc1)CC1CC1. The summed E-state index contributed by atoms with van der Waals surface area (Å²) in [6, 6.07) is 9.64. The van der Waals surface area contributed by atoms with Crippen LogP contribution in [0.4, 0.5) is 0 Å². The summed E-state index contributed by atoms with van der Waals surface area (Å²) in [7, 11) is 1.39. The lowest BCUT2D eigenvalue weighted by Gasteiger charge is -2.21. The minimum absolute atomic E-state index is 0.345. The zero-order chi connectivity index (χ0) is 16.9. The monoisotopic (exact) mass is 347 g/mol. The molecule has 1 fully saturated rings. The van der Waals surface area contributed by atoms with Crippen molar-refractivity contribution in [1.82, 2.24) is 4.90 Å². The van der Waals surface area contributed by atoms with E-state index in [0.717, 1.165) is 30.5 Å². The second-order valence-corrected chi connectivity index (χ2v) is 6.74. The maximum atomic E-state index is 11.8. The van der Waals surface area contributed by atoms with E-state index in [1.807, 2.05) is 12.1 Å². The number of methoxy groups -OCH3 is 1. The molecule has 24 heavy (non-hydrogen) atoms. The average molecular weight is 348 g/mol. The molecule has 0 radical (unpaired) electrons. The van der Waals surface area contributed by atoms with Crippen molar-refractivity contribution in [1.29, 1.82) is 0 Å². The van der Waals surface area contributed by atoms with Gasteiger partial charge in [0.15, 0.2) is 0 Å². The number of benzene rings is 1. The average Bonchev–Trinajstić information content (AvgIpc) is 3.29. The Labute approximate surface area is 147 Å². The van der Waals surface area contributed by atoms with Crippen molar-refractivity contribution >= 4 is 17.6 Å². The van der Waals surface area contributed by atoms with Gasteiger partial charge in [0.2, 0.25) is 0 Å². The lowest BCUT2D eigenvalue weighted by Crippen LogP contribution is -2.28. The molecule has 2 aromatic rings. The molecule has 0 amide bonds. The Morgan fingerprint density at radius 1 is 1.29 bits per heavy atom. The molecule has 5 heteroatoms. The van der Waals surface area contributed by atoms with E-state index in [4.69, 9.17) is 20.8 Å². The van der Waals surface area contributed by atoms with Crippen LogP contribution in [-0.2, 0) is 17.7 Å². The summed E-state index contributed by atoms with van der Waals surface area (Å²) in [6.45, 7) is 2.58. The Hall–Kier alpha value is -1.78. The fourth-order valence-corrected chi connectivity index (χ4v) is 2.92. The van der Waals surface area contributed by atoms with Crippen LogP contribution >= 0.6 is 11.6 Å². The summed E-state index contributed by atoms with van der Waals surface area (Å²) >= 11 is 5.94. The standard InChI is InChI=1S/C19H22ClNO3/c1-23-19(22)17-9-11-24-18(17)13-21(12-15-2-3-15)10-8-14-4-6-16(20)7-5-14/h4-7,9,11,15H,2-3,8,10,12-13H2,1H3. The molecule has 0 saturated heterocycles. The highest BCUT2D eigenvalue weighted by molar-refractivity contribution is 6.30. The predicted molar refractivity (Wildman–Crippen MR) is 93.2 cm³/mol. The predicted octanol–water partition coefficient (Wildman–Crippen LogP) is 4.17. The molecule has 1 aliphatic rings. The molecular weight excluding hydrogens is 326 g/mol. The fraction of sp³-hybridized carbons (Fsp3) is 0.421. The van der Waals surface area contributed by atoms with Crippen LogP contribution in [0.25, 0.3) is 0 Å². The maximum Gasteiger partial charge on any atom is 0.341 e. The third kappa shape index (κ3) is 4.62. The number of rotatable bonds is 8. The third-order valence-corrected chi connectivity index (χ3v) is 4.61. The van der Waals surface area contributed by atoms with Crippen molar-refractivity contribution in [2.45, 2.75) is 25.8 Å². The summed E-state index contributed by atoms with van der Waals surface area (Å²) in [5, 5.41) is 0.756. The molecule has 0 unspecified atom stereocenters. The van der Waals surface area contributed by atoms with Gasteiger partial charge in [-0.15, -0.1) is 0 Å². The second-order valence-electron chi connectivity index (χ2n) is 6.30. The fourth-order valence-electron chi connectivity index (χ4n) is 2.80. The Morgan fingerprint density at radius 3 is 2.71 bits per heavy atom. The highest BCUT2D eigenvalue weighted by atomic mass is 35.5. The van der Waals surface area contributed by atoms with Gasteiger partial charge in [0, 0.05) is 18.1 Å². The molecular formula is C19H22ClNO3. The highest BCUT2D eigenvalue weighted by Crippen LogP contribution is 2.30. The van der Waals surface area contributed by atoms with E-state index < -0.39 is 0 Å². The number of ether oxygens (including phenoxy) is 1. The molecule has 1 aromatic heterocycles. The van der Waals surface area contributed by atoms with Gasteiger partial charge in [0.1, 0.15) is 11.3 Å². The first-order valence-corrected chi connectivity index (χ1v) is 8.65.